The third-order valence-electron chi connectivity index (χ3n) is 14.0. The van der Waals surface area contributed by atoms with Gasteiger partial charge in [-0.25, -0.2) is 24.9 Å². The van der Waals surface area contributed by atoms with Gasteiger partial charge in [0.15, 0.2) is 0 Å². The van der Waals surface area contributed by atoms with E-state index < -0.39 is 0 Å². The van der Waals surface area contributed by atoms with Crippen LogP contribution in [-0.2, 0) is 62.0 Å². The molecule has 4 aliphatic heterocycles. The summed E-state index contributed by atoms with van der Waals surface area (Å²) in [5.41, 5.74) is 27.3. The zero-order chi connectivity index (χ0) is 44.2. The Labute approximate surface area is 378 Å². The molecule has 1 saturated heterocycles. The Morgan fingerprint density at radius 1 is 0.619 bits per heavy atom. The van der Waals surface area contributed by atoms with E-state index in [9.17, 15) is 0 Å². The summed E-state index contributed by atoms with van der Waals surface area (Å²) in [6.07, 6.45) is 12.1. The Bertz CT molecular complexity index is 2500. The van der Waals surface area contributed by atoms with Gasteiger partial charge in [0.2, 0.25) is 0 Å². The van der Waals surface area contributed by atoms with E-state index in [4.69, 9.17) is 40.7 Å². The van der Waals surface area contributed by atoms with Crippen LogP contribution in [-0.4, -0.2) is 89.8 Å². The molecule has 3 spiro atoms. The molecule has 4 aromatic rings. The summed E-state index contributed by atoms with van der Waals surface area (Å²) in [4.78, 5) is 22.0. The van der Waals surface area contributed by atoms with Crippen LogP contribution in [0.1, 0.15) is 80.3 Å². The number of aryl methyl sites for hydroxylation is 3. The molecule has 330 valence electrons. The predicted molar refractivity (Wildman–Crippen MR) is 250 cm³/mol. The van der Waals surface area contributed by atoms with Crippen molar-refractivity contribution in [1.82, 2.24) is 9.97 Å². The van der Waals surface area contributed by atoms with Crippen molar-refractivity contribution in [3.05, 3.63) is 105 Å². The summed E-state index contributed by atoms with van der Waals surface area (Å²) in [5.74, 6) is 0.830. The van der Waals surface area contributed by atoms with Crippen molar-refractivity contribution in [3.8, 4) is 11.1 Å². The van der Waals surface area contributed by atoms with Crippen LogP contribution in [0.25, 0.3) is 11.1 Å². The Morgan fingerprint density at radius 2 is 1.10 bits per heavy atom. The predicted octanol–water partition coefficient (Wildman–Crippen LogP) is 5.34. The van der Waals surface area contributed by atoms with Gasteiger partial charge >= 0.3 is 7.12 Å². The Morgan fingerprint density at radius 3 is 1.59 bits per heavy atom. The maximum Gasteiger partial charge on any atom is 0.494 e. The highest BCUT2D eigenvalue weighted by Crippen LogP contribution is 2.40. The molecule has 0 saturated carbocycles. The van der Waals surface area contributed by atoms with Crippen molar-refractivity contribution in [2.75, 3.05) is 32.2 Å². The smallest absolute Gasteiger partial charge is 0.463 e. The second-order valence-electron chi connectivity index (χ2n) is 19.0. The number of aromatic nitrogens is 2. The molecule has 0 radical (unpaired) electrons. The summed E-state index contributed by atoms with van der Waals surface area (Å²) in [6.45, 7) is 10.1. The van der Waals surface area contributed by atoms with Gasteiger partial charge in [-0.3, -0.25) is 0 Å². The van der Waals surface area contributed by atoms with Crippen LogP contribution < -0.4 is 28.0 Å². The number of fused-ring (bicyclic) bond motifs is 3. The maximum absolute atomic E-state index is 6.18. The van der Waals surface area contributed by atoms with E-state index in [1.165, 1.54) is 33.4 Å². The molecule has 63 heavy (non-hydrogen) atoms. The highest BCUT2D eigenvalue weighted by atomic mass is 79.9. The Kier molecular flexibility index (Phi) is 11.2. The van der Waals surface area contributed by atoms with E-state index in [-0.39, 0.29) is 34.9 Å². The fourth-order valence-corrected chi connectivity index (χ4v) is 10.1. The second kappa shape index (κ2) is 16.4. The zero-order valence-corrected chi connectivity index (χ0v) is 38.4. The van der Waals surface area contributed by atoms with Crippen LogP contribution in [0.4, 0.5) is 5.82 Å². The first-order chi connectivity index (χ1) is 30.1. The number of nitrogens with one attached hydrogen (secondary N) is 1. The molecule has 14 nitrogen and oxygen atoms in total. The fourth-order valence-electron chi connectivity index (χ4n) is 9.73. The van der Waals surface area contributed by atoms with Crippen molar-refractivity contribution in [2.24, 2.45) is 32.2 Å². The highest BCUT2D eigenvalue weighted by Gasteiger charge is 2.52. The zero-order valence-electron chi connectivity index (χ0n) is 36.8. The first-order valence-electron chi connectivity index (χ1n) is 21.8. The SMILES string of the molecule is CC1(C)OB(c2ccc3c(c2)CC2(CC3)COC(N)=N2)OC1(C)C.CNc1ncncc1-c1ccc2c(c1)CC1(CC2)COC(N)=N1.NC1=NC2(CCc3ccc(Br)cc3C2)CO1. The molecule has 3 unspecified atom stereocenters. The van der Waals surface area contributed by atoms with Gasteiger partial charge in [-0.1, -0.05) is 58.4 Å². The quantitative estimate of drug-likeness (QED) is 0.194. The third-order valence-corrected chi connectivity index (χ3v) is 14.5. The molecule has 7 aliphatic rings. The molecular formula is C47H57BBrN9O5. The van der Waals surface area contributed by atoms with Crippen LogP contribution in [0.5, 0.6) is 0 Å². The standard InChI is InChI=1S/C18H25BN2O3.C17H19N5O.C12H13BrN2O/c1-16(2)17(3,4)24-19(23-16)14-6-5-12-7-8-18(10-13(12)9-14)11-22-15(20)21-18;1-19-15-14(8-20-10-21-15)12-3-2-11-4-5-17(7-13(11)6-12)9-23-16(18)22-17;13-10-2-1-8-3-4-12(6-9(8)5-10)7-16-11(14)15-12/h5-6,9H,7-8,10-11H2,1-4H3,(H2,20,21);2-3,6,8,10H,4-5,7,9H2,1H3,(H2,18,22)(H,19,20,21);1-2,5H,3-4,6-7H2,(H2,14,15). The van der Waals surface area contributed by atoms with E-state index >= 15 is 0 Å². The van der Waals surface area contributed by atoms with Gasteiger partial charge in [-0.15, -0.1) is 0 Å². The lowest BCUT2D eigenvalue weighted by Gasteiger charge is -2.32. The molecule has 0 bridgehead atoms. The van der Waals surface area contributed by atoms with Crippen LogP contribution in [0, 0.1) is 0 Å². The van der Waals surface area contributed by atoms with Crippen molar-refractivity contribution < 1.29 is 23.5 Å². The molecule has 3 atom stereocenters. The van der Waals surface area contributed by atoms with Gasteiger partial charge < -0.3 is 46.0 Å². The van der Waals surface area contributed by atoms with Crippen molar-refractivity contribution in [2.45, 2.75) is 113 Å². The number of hydrogen-bond donors (Lipinski definition) is 4. The van der Waals surface area contributed by atoms with Crippen molar-refractivity contribution in [3.63, 3.8) is 0 Å². The number of halogens is 1. The summed E-state index contributed by atoms with van der Waals surface area (Å²) < 4.78 is 29.6. The van der Waals surface area contributed by atoms with Crippen LogP contribution in [0.3, 0.4) is 0 Å². The number of nitrogens with two attached hydrogens (primary N) is 3. The molecule has 3 aromatic carbocycles. The molecule has 3 aliphatic carbocycles. The fraction of sp³-hybridized carbons (Fsp3) is 0.468. The number of nitrogens with zero attached hydrogens (tertiary/aromatic N) is 5. The topological polar surface area (TPSA) is 199 Å². The van der Waals surface area contributed by atoms with Crippen LogP contribution in [0.15, 0.2) is 86.6 Å². The number of anilines is 1. The molecule has 11 rings (SSSR count). The van der Waals surface area contributed by atoms with Gasteiger partial charge in [0.1, 0.15) is 48.6 Å². The number of hydrogen-bond acceptors (Lipinski definition) is 14. The Balaban J connectivity index is 0.000000122. The van der Waals surface area contributed by atoms with E-state index in [1.54, 1.807) is 6.33 Å². The van der Waals surface area contributed by atoms with Crippen LogP contribution >= 0.6 is 15.9 Å². The number of aliphatic imine (C=N–C) groups is 3. The van der Waals surface area contributed by atoms with E-state index in [0.717, 1.165) is 84.7 Å². The maximum atomic E-state index is 6.18. The Hall–Kier alpha value is -5.19. The molecular weight excluding hydrogens is 861 g/mol. The van der Waals surface area contributed by atoms with Gasteiger partial charge in [0.05, 0.1) is 11.2 Å². The van der Waals surface area contributed by atoms with Gasteiger partial charge in [0, 0.05) is 42.5 Å². The van der Waals surface area contributed by atoms with Gasteiger partial charge in [0.25, 0.3) is 18.1 Å². The summed E-state index contributed by atoms with van der Waals surface area (Å²) in [7, 11) is 1.54. The molecule has 0 amide bonds. The molecule has 1 aromatic heterocycles. The van der Waals surface area contributed by atoms with E-state index in [2.05, 4.69) is 128 Å². The number of ether oxygens (including phenoxy) is 3. The summed E-state index contributed by atoms with van der Waals surface area (Å²) in [6, 6.07) is 20.5. The van der Waals surface area contributed by atoms with Crippen LogP contribution in [0.2, 0.25) is 0 Å². The first-order valence-corrected chi connectivity index (χ1v) is 22.6. The van der Waals surface area contributed by atoms with E-state index in [0.29, 0.717) is 37.9 Å². The van der Waals surface area contributed by atoms with E-state index in [1.807, 2.05) is 13.2 Å². The normalized spacial score (nSPS) is 26.6. The van der Waals surface area contributed by atoms with Crippen molar-refractivity contribution >= 4 is 52.4 Å². The summed E-state index contributed by atoms with van der Waals surface area (Å²) >= 11 is 3.51. The summed E-state index contributed by atoms with van der Waals surface area (Å²) in [5, 5.41) is 3.12. The highest BCUT2D eigenvalue weighted by molar-refractivity contribution is 9.10. The second-order valence-corrected chi connectivity index (χ2v) is 19.9. The molecule has 1 fully saturated rings. The molecule has 16 heteroatoms. The lowest BCUT2D eigenvalue weighted by molar-refractivity contribution is 0.00578. The minimum atomic E-state index is -0.327. The first kappa shape index (κ1) is 43.1. The molecule has 7 N–H and O–H groups in total. The molecule has 5 heterocycles. The average Bonchev–Trinajstić information content (AvgIpc) is 3.98. The number of amidine groups is 3. The van der Waals surface area contributed by atoms with Crippen molar-refractivity contribution in [1.29, 1.82) is 0 Å². The monoisotopic (exact) mass is 917 g/mol. The lowest BCUT2D eigenvalue weighted by Crippen LogP contribution is -2.41. The number of benzene rings is 3. The lowest BCUT2D eigenvalue weighted by atomic mass is 9.73. The average molecular weight is 919 g/mol. The number of rotatable bonds is 3. The van der Waals surface area contributed by atoms with Gasteiger partial charge in [-0.2, -0.15) is 0 Å². The minimum absolute atomic E-state index is 0.0993. The largest absolute Gasteiger partial charge is 0.494 e. The minimum Gasteiger partial charge on any atom is -0.463 e. The van der Waals surface area contributed by atoms with Gasteiger partial charge in [-0.05, 0) is 123 Å². The third kappa shape index (κ3) is 8.73.